The van der Waals surface area contributed by atoms with Crippen LogP contribution in [0.2, 0.25) is 0 Å². The Morgan fingerprint density at radius 3 is 2.56 bits per heavy atom. The molecule has 3 N–H and O–H groups in total. The number of likely N-dealkylation sites (N-methyl/N-ethyl adjacent to an activating group) is 1. The molecule has 1 heterocycles. The van der Waals surface area contributed by atoms with Crippen molar-refractivity contribution in [2.24, 2.45) is 10.7 Å². The van der Waals surface area contributed by atoms with Crippen LogP contribution in [0.15, 0.2) is 35.3 Å². The van der Waals surface area contributed by atoms with Gasteiger partial charge in [-0.3, -0.25) is 9.89 Å². The van der Waals surface area contributed by atoms with Crippen molar-refractivity contribution in [1.82, 2.24) is 15.1 Å². The van der Waals surface area contributed by atoms with Gasteiger partial charge in [0.05, 0.1) is 0 Å². The van der Waals surface area contributed by atoms with Crippen LogP contribution in [0.5, 0.6) is 0 Å². The Hall–Kier alpha value is -0.860. The highest BCUT2D eigenvalue weighted by Crippen LogP contribution is 2.24. The number of piperazine rings is 1. The van der Waals surface area contributed by atoms with E-state index in [0.717, 1.165) is 39.1 Å². The van der Waals surface area contributed by atoms with Gasteiger partial charge in [0.15, 0.2) is 5.96 Å². The Labute approximate surface area is 170 Å². The van der Waals surface area contributed by atoms with Crippen LogP contribution >= 0.6 is 24.0 Å². The molecule has 1 aliphatic heterocycles. The molecule has 6 heteroatoms. The molecule has 0 aliphatic carbocycles. The van der Waals surface area contributed by atoms with Gasteiger partial charge in [-0.1, -0.05) is 30.3 Å². The van der Waals surface area contributed by atoms with Crippen LogP contribution < -0.4 is 11.1 Å². The van der Waals surface area contributed by atoms with Gasteiger partial charge in [-0.05, 0) is 39.8 Å². The first kappa shape index (κ1) is 22.2. The van der Waals surface area contributed by atoms with E-state index in [1.807, 2.05) is 0 Å². The number of nitrogens with zero attached hydrogens (tertiary/aromatic N) is 3. The molecule has 0 radical (unpaired) electrons. The highest BCUT2D eigenvalue weighted by atomic mass is 127. The van der Waals surface area contributed by atoms with E-state index in [4.69, 9.17) is 5.73 Å². The highest BCUT2D eigenvalue weighted by Gasteiger charge is 2.25. The molecular formula is C19H34IN5. The summed E-state index contributed by atoms with van der Waals surface area (Å²) in [7, 11) is 2.20. The molecule has 2 rings (SSSR count). The largest absolute Gasteiger partial charge is 0.370 e. The van der Waals surface area contributed by atoms with E-state index in [-0.39, 0.29) is 29.5 Å². The molecule has 1 saturated heterocycles. The first-order chi connectivity index (χ1) is 11.3. The number of benzene rings is 1. The fraction of sp³-hybridized carbons (Fsp3) is 0.632. The third-order valence-electron chi connectivity index (χ3n) is 4.27. The summed E-state index contributed by atoms with van der Waals surface area (Å²) in [5.41, 5.74) is 7.30. The Balaban J connectivity index is 0.00000312. The molecule has 1 unspecified atom stereocenters. The minimum absolute atomic E-state index is 0. The van der Waals surface area contributed by atoms with E-state index in [9.17, 15) is 0 Å². The monoisotopic (exact) mass is 459 g/mol. The summed E-state index contributed by atoms with van der Waals surface area (Å²) < 4.78 is 0. The van der Waals surface area contributed by atoms with Crippen LogP contribution in [0, 0.1) is 0 Å². The smallest absolute Gasteiger partial charge is 0.188 e. The molecule has 0 spiro atoms. The third kappa shape index (κ3) is 7.92. The molecule has 1 aromatic rings. The van der Waals surface area contributed by atoms with Gasteiger partial charge in [-0.25, -0.2) is 0 Å². The zero-order valence-corrected chi connectivity index (χ0v) is 18.4. The van der Waals surface area contributed by atoms with E-state index in [2.05, 4.69) is 78.3 Å². The summed E-state index contributed by atoms with van der Waals surface area (Å²) in [5.74, 6) is 0.542. The van der Waals surface area contributed by atoms with Gasteiger partial charge >= 0.3 is 0 Å². The first-order valence-corrected chi connectivity index (χ1v) is 8.91. The summed E-state index contributed by atoms with van der Waals surface area (Å²) in [4.78, 5) is 9.45. The molecule has 0 saturated carbocycles. The van der Waals surface area contributed by atoms with Crippen molar-refractivity contribution < 1.29 is 0 Å². The van der Waals surface area contributed by atoms with Crippen molar-refractivity contribution in [3.63, 3.8) is 0 Å². The van der Waals surface area contributed by atoms with Crippen LogP contribution in [0.4, 0.5) is 0 Å². The van der Waals surface area contributed by atoms with Crippen molar-refractivity contribution >= 4 is 29.9 Å². The molecule has 1 aromatic carbocycles. The SMILES string of the molecule is CN1CCN(CCCN=C(N)NC(C)(C)C)C(c2ccccc2)C1.I. The summed E-state index contributed by atoms with van der Waals surface area (Å²) >= 11 is 0. The number of aliphatic imine (C=N–C) groups is 1. The number of rotatable bonds is 5. The number of guanidine groups is 1. The van der Waals surface area contributed by atoms with Gasteiger partial charge in [0, 0.05) is 44.3 Å². The van der Waals surface area contributed by atoms with Crippen LogP contribution in [0.3, 0.4) is 0 Å². The van der Waals surface area contributed by atoms with Crippen LogP contribution in [0.1, 0.15) is 38.8 Å². The number of hydrogen-bond donors (Lipinski definition) is 2. The predicted molar refractivity (Wildman–Crippen MR) is 118 cm³/mol. The van der Waals surface area contributed by atoms with Crippen molar-refractivity contribution in [2.45, 2.75) is 38.8 Å². The van der Waals surface area contributed by atoms with Gasteiger partial charge < -0.3 is 16.0 Å². The molecule has 1 aliphatic rings. The van der Waals surface area contributed by atoms with Crippen molar-refractivity contribution in [1.29, 1.82) is 0 Å². The second-order valence-electron chi connectivity index (χ2n) is 7.72. The summed E-state index contributed by atoms with van der Waals surface area (Å²) in [6.07, 6.45) is 1.03. The Morgan fingerprint density at radius 2 is 1.92 bits per heavy atom. The highest BCUT2D eigenvalue weighted by molar-refractivity contribution is 14.0. The van der Waals surface area contributed by atoms with Crippen LogP contribution in [-0.4, -0.2) is 61.1 Å². The van der Waals surface area contributed by atoms with Gasteiger partial charge in [-0.15, -0.1) is 24.0 Å². The zero-order chi connectivity index (χ0) is 17.6. The van der Waals surface area contributed by atoms with Gasteiger partial charge in [0.25, 0.3) is 0 Å². The lowest BCUT2D eigenvalue weighted by Crippen LogP contribution is -2.47. The fourth-order valence-electron chi connectivity index (χ4n) is 3.11. The molecule has 5 nitrogen and oxygen atoms in total. The van der Waals surface area contributed by atoms with Crippen molar-refractivity contribution in [3.05, 3.63) is 35.9 Å². The maximum absolute atomic E-state index is 5.93. The lowest BCUT2D eigenvalue weighted by atomic mass is 10.0. The van der Waals surface area contributed by atoms with E-state index >= 15 is 0 Å². The van der Waals surface area contributed by atoms with E-state index in [1.54, 1.807) is 0 Å². The quantitative estimate of drug-likeness (QED) is 0.308. The van der Waals surface area contributed by atoms with Crippen molar-refractivity contribution in [2.75, 3.05) is 39.8 Å². The van der Waals surface area contributed by atoms with Gasteiger partial charge in [0.1, 0.15) is 0 Å². The maximum atomic E-state index is 5.93. The minimum Gasteiger partial charge on any atom is -0.370 e. The fourth-order valence-corrected chi connectivity index (χ4v) is 3.11. The third-order valence-corrected chi connectivity index (χ3v) is 4.27. The molecule has 1 atom stereocenters. The Morgan fingerprint density at radius 1 is 1.24 bits per heavy atom. The van der Waals surface area contributed by atoms with E-state index < -0.39 is 0 Å². The Bertz CT molecular complexity index is 526. The van der Waals surface area contributed by atoms with E-state index in [0.29, 0.717) is 12.0 Å². The second-order valence-corrected chi connectivity index (χ2v) is 7.72. The molecule has 0 amide bonds. The molecule has 25 heavy (non-hydrogen) atoms. The molecular weight excluding hydrogens is 425 g/mol. The number of nitrogens with two attached hydrogens (primary N) is 1. The molecule has 1 fully saturated rings. The summed E-state index contributed by atoms with van der Waals surface area (Å²) in [5, 5.41) is 3.21. The van der Waals surface area contributed by atoms with Crippen LogP contribution in [-0.2, 0) is 0 Å². The number of nitrogens with one attached hydrogen (secondary N) is 1. The number of halogens is 1. The van der Waals surface area contributed by atoms with Gasteiger partial charge in [0.2, 0.25) is 0 Å². The molecule has 0 bridgehead atoms. The predicted octanol–water partition coefficient (Wildman–Crippen LogP) is 2.69. The second kappa shape index (κ2) is 10.3. The standard InChI is InChI=1S/C19H33N5.HI/c1-19(2,3)22-18(20)21-11-8-12-24-14-13-23(4)15-17(24)16-9-6-5-7-10-16;/h5-7,9-10,17H,8,11-15H2,1-4H3,(H3,20,21,22);1H. The lowest BCUT2D eigenvalue weighted by Gasteiger charge is -2.40. The Kier molecular flexibility index (Phi) is 9.16. The molecule has 0 aromatic heterocycles. The topological polar surface area (TPSA) is 56.9 Å². The van der Waals surface area contributed by atoms with Gasteiger partial charge in [-0.2, -0.15) is 0 Å². The number of hydrogen-bond acceptors (Lipinski definition) is 3. The van der Waals surface area contributed by atoms with Crippen molar-refractivity contribution in [3.8, 4) is 0 Å². The average molecular weight is 459 g/mol. The minimum atomic E-state index is -0.0383. The van der Waals surface area contributed by atoms with E-state index in [1.165, 1.54) is 5.56 Å². The average Bonchev–Trinajstić information content (AvgIpc) is 2.52. The lowest BCUT2D eigenvalue weighted by molar-refractivity contribution is 0.0894. The van der Waals surface area contributed by atoms with Crippen LogP contribution in [0.25, 0.3) is 0 Å². The summed E-state index contributed by atoms with van der Waals surface area (Å²) in [6, 6.07) is 11.3. The maximum Gasteiger partial charge on any atom is 0.188 e. The zero-order valence-electron chi connectivity index (χ0n) is 16.0. The summed E-state index contributed by atoms with van der Waals surface area (Å²) in [6.45, 7) is 11.4. The molecule has 142 valence electrons. The normalized spacial score (nSPS) is 20.2. The first-order valence-electron chi connectivity index (χ1n) is 8.91.